The molecule has 21 heavy (non-hydrogen) atoms. The Bertz CT molecular complexity index is 494. The van der Waals surface area contributed by atoms with Crippen LogP contribution in [0.2, 0.25) is 5.02 Å². The Morgan fingerprint density at radius 2 is 2.00 bits per heavy atom. The van der Waals surface area contributed by atoms with E-state index >= 15 is 0 Å². The normalized spacial score (nSPS) is 12.9. The SMILES string of the molecule is CCCOC(=O)C(C)Oc1c(F)cc(C(F)(F)F)cc1Cl. The first-order valence-electron chi connectivity index (χ1n) is 6.06. The lowest BCUT2D eigenvalue weighted by atomic mass is 10.2. The fourth-order valence-electron chi connectivity index (χ4n) is 1.38. The second-order valence-electron chi connectivity index (χ2n) is 4.19. The lowest BCUT2D eigenvalue weighted by molar-refractivity contribution is -0.151. The summed E-state index contributed by atoms with van der Waals surface area (Å²) in [5.41, 5.74) is -1.24. The molecule has 0 saturated carbocycles. The van der Waals surface area contributed by atoms with E-state index in [9.17, 15) is 22.4 Å². The van der Waals surface area contributed by atoms with Gasteiger partial charge in [0.15, 0.2) is 17.7 Å². The first kappa shape index (κ1) is 17.6. The molecule has 118 valence electrons. The zero-order valence-corrected chi connectivity index (χ0v) is 12.0. The van der Waals surface area contributed by atoms with E-state index in [2.05, 4.69) is 0 Å². The van der Waals surface area contributed by atoms with Gasteiger partial charge in [0.2, 0.25) is 0 Å². The van der Waals surface area contributed by atoms with Crippen LogP contribution in [0.25, 0.3) is 0 Å². The molecule has 1 rings (SSSR count). The number of esters is 1. The van der Waals surface area contributed by atoms with Gasteiger partial charge in [-0.1, -0.05) is 18.5 Å². The van der Waals surface area contributed by atoms with Gasteiger partial charge < -0.3 is 9.47 Å². The Labute approximate surface area is 123 Å². The molecule has 0 aromatic heterocycles. The van der Waals surface area contributed by atoms with Gasteiger partial charge in [-0.05, 0) is 25.5 Å². The average molecular weight is 329 g/mol. The molecule has 0 aliphatic rings. The number of hydrogen-bond donors (Lipinski definition) is 0. The summed E-state index contributed by atoms with van der Waals surface area (Å²) in [6.45, 7) is 3.23. The van der Waals surface area contributed by atoms with E-state index in [1.165, 1.54) is 6.92 Å². The van der Waals surface area contributed by atoms with E-state index in [-0.39, 0.29) is 12.7 Å². The minimum atomic E-state index is -4.73. The van der Waals surface area contributed by atoms with Crippen LogP contribution in [0.15, 0.2) is 12.1 Å². The molecule has 0 aliphatic heterocycles. The molecule has 0 saturated heterocycles. The number of benzene rings is 1. The summed E-state index contributed by atoms with van der Waals surface area (Å²) < 4.78 is 60.8. The zero-order valence-electron chi connectivity index (χ0n) is 11.3. The van der Waals surface area contributed by atoms with Gasteiger partial charge in [-0.2, -0.15) is 13.2 Å². The highest BCUT2D eigenvalue weighted by molar-refractivity contribution is 6.32. The molecule has 1 atom stereocenters. The highest BCUT2D eigenvalue weighted by atomic mass is 35.5. The topological polar surface area (TPSA) is 35.5 Å². The Balaban J connectivity index is 2.92. The van der Waals surface area contributed by atoms with Crippen molar-refractivity contribution in [2.45, 2.75) is 32.5 Å². The van der Waals surface area contributed by atoms with E-state index < -0.39 is 40.4 Å². The third-order valence-electron chi connectivity index (χ3n) is 2.40. The van der Waals surface area contributed by atoms with E-state index in [1.54, 1.807) is 6.92 Å². The fraction of sp³-hybridized carbons (Fsp3) is 0.462. The van der Waals surface area contributed by atoms with Crippen molar-refractivity contribution in [1.29, 1.82) is 0 Å². The lowest BCUT2D eigenvalue weighted by Crippen LogP contribution is -2.27. The summed E-state index contributed by atoms with van der Waals surface area (Å²) in [6, 6.07) is 0.787. The van der Waals surface area contributed by atoms with Gasteiger partial charge in [0.25, 0.3) is 0 Å². The number of carbonyl (C=O) groups excluding carboxylic acids is 1. The molecule has 0 N–H and O–H groups in total. The number of alkyl halides is 3. The molecule has 0 spiro atoms. The molecule has 1 unspecified atom stereocenters. The van der Waals surface area contributed by atoms with E-state index in [4.69, 9.17) is 21.1 Å². The molecule has 0 fully saturated rings. The van der Waals surface area contributed by atoms with Crippen LogP contribution in [0.4, 0.5) is 17.6 Å². The van der Waals surface area contributed by atoms with Crippen molar-refractivity contribution in [3.63, 3.8) is 0 Å². The molecular formula is C13H13ClF4O3. The molecule has 0 aliphatic carbocycles. The smallest absolute Gasteiger partial charge is 0.416 e. The molecule has 0 heterocycles. The fourth-order valence-corrected chi connectivity index (χ4v) is 1.63. The maximum atomic E-state index is 13.7. The van der Waals surface area contributed by atoms with Gasteiger partial charge >= 0.3 is 12.1 Å². The molecule has 0 radical (unpaired) electrons. The molecule has 0 amide bonds. The zero-order chi connectivity index (χ0) is 16.2. The number of hydrogen-bond acceptors (Lipinski definition) is 3. The van der Waals surface area contributed by atoms with Crippen LogP contribution in [0, 0.1) is 5.82 Å². The molecular weight excluding hydrogens is 316 g/mol. The number of ether oxygens (including phenoxy) is 2. The van der Waals surface area contributed by atoms with Gasteiger partial charge in [-0.3, -0.25) is 0 Å². The Morgan fingerprint density at radius 3 is 2.48 bits per heavy atom. The predicted molar refractivity (Wildman–Crippen MR) is 67.8 cm³/mol. The van der Waals surface area contributed by atoms with Crippen LogP contribution in [0.1, 0.15) is 25.8 Å². The Kier molecular flexibility index (Phi) is 5.83. The van der Waals surface area contributed by atoms with Crippen LogP contribution in [0.3, 0.4) is 0 Å². The first-order valence-corrected chi connectivity index (χ1v) is 6.44. The molecule has 1 aromatic rings. The van der Waals surface area contributed by atoms with Gasteiger partial charge in [-0.25, -0.2) is 9.18 Å². The number of rotatable bonds is 5. The quantitative estimate of drug-likeness (QED) is 0.599. The summed E-state index contributed by atoms with van der Waals surface area (Å²) in [7, 11) is 0. The van der Waals surface area contributed by atoms with Crippen LogP contribution in [0.5, 0.6) is 5.75 Å². The van der Waals surface area contributed by atoms with Gasteiger partial charge in [0.1, 0.15) is 0 Å². The van der Waals surface area contributed by atoms with Crippen LogP contribution >= 0.6 is 11.6 Å². The van der Waals surface area contributed by atoms with Crippen molar-refractivity contribution in [2.75, 3.05) is 6.61 Å². The third-order valence-corrected chi connectivity index (χ3v) is 2.68. The minimum Gasteiger partial charge on any atom is -0.474 e. The van der Waals surface area contributed by atoms with Gasteiger partial charge in [0, 0.05) is 0 Å². The highest BCUT2D eigenvalue weighted by Gasteiger charge is 2.33. The van der Waals surface area contributed by atoms with Crippen molar-refractivity contribution in [3.05, 3.63) is 28.5 Å². The maximum absolute atomic E-state index is 13.7. The van der Waals surface area contributed by atoms with Crippen molar-refractivity contribution < 1.29 is 31.8 Å². The number of carbonyl (C=O) groups is 1. The summed E-state index contributed by atoms with van der Waals surface area (Å²) >= 11 is 5.58. The second-order valence-corrected chi connectivity index (χ2v) is 4.60. The molecule has 8 heteroatoms. The van der Waals surface area contributed by atoms with Gasteiger partial charge in [-0.15, -0.1) is 0 Å². The van der Waals surface area contributed by atoms with Crippen LogP contribution < -0.4 is 4.74 Å². The van der Waals surface area contributed by atoms with Crippen molar-refractivity contribution >= 4 is 17.6 Å². The van der Waals surface area contributed by atoms with Crippen molar-refractivity contribution in [2.24, 2.45) is 0 Å². The van der Waals surface area contributed by atoms with Crippen molar-refractivity contribution in [3.8, 4) is 5.75 Å². The largest absolute Gasteiger partial charge is 0.474 e. The Morgan fingerprint density at radius 1 is 1.38 bits per heavy atom. The third kappa shape index (κ3) is 4.77. The summed E-state index contributed by atoms with van der Waals surface area (Å²) in [5.74, 6) is -2.68. The van der Waals surface area contributed by atoms with Crippen LogP contribution in [-0.2, 0) is 15.7 Å². The van der Waals surface area contributed by atoms with Gasteiger partial charge in [0.05, 0.1) is 17.2 Å². The summed E-state index contributed by atoms with van der Waals surface area (Å²) in [4.78, 5) is 11.5. The highest BCUT2D eigenvalue weighted by Crippen LogP contribution is 2.37. The first-order chi connectivity index (χ1) is 9.66. The number of halogens is 5. The standard InChI is InChI=1S/C13H13ClF4O3/c1-3-4-20-12(19)7(2)21-11-9(14)5-8(6-10(11)15)13(16,17)18/h5-7H,3-4H2,1-2H3. The monoisotopic (exact) mass is 328 g/mol. The second kappa shape index (κ2) is 6.98. The Hall–Kier alpha value is -1.50. The summed E-state index contributed by atoms with van der Waals surface area (Å²) in [6.07, 6.45) is -5.33. The van der Waals surface area contributed by atoms with Crippen LogP contribution in [-0.4, -0.2) is 18.7 Å². The minimum absolute atomic E-state index is 0.162. The van der Waals surface area contributed by atoms with E-state index in [1.807, 2.05) is 0 Å². The molecule has 1 aromatic carbocycles. The van der Waals surface area contributed by atoms with E-state index in [0.29, 0.717) is 12.5 Å². The maximum Gasteiger partial charge on any atom is 0.416 e. The predicted octanol–water partition coefficient (Wildman–Crippen LogP) is 4.22. The van der Waals surface area contributed by atoms with E-state index in [0.717, 1.165) is 0 Å². The lowest BCUT2D eigenvalue weighted by Gasteiger charge is -2.16. The molecule has 3 nitrogen and oxygen atoms in total. The van der Waals surface area contributed by atoms with Crippen molar-refractivity contribution in [1.82, 2.24) is 0 Å². The molecule has 0 bridgehead atoms. The summed E-state index contributed by atoms with van der Waals surface area (Å²) in [5, 5.41) is -0.572. The average Bonchev–Trinajstić information content (AvgIpc) is 2.38.